The Morgan fingerprint density at radius 3 is 1.87 bits per heavy atom. The average Bonchev–Trinajstić information content (AvgIpc) is 2.26. The molecule has 0 saturated carbocycles. The monoisotopic (exact) mass is 211 g/mol. The first-order chi connectivity index (χ1) is 7.41. The van der Waals surface area contributed by atoms with Crippen LogP contribution in [0.5, 0.6) is 0 Å². The molecule has 0 aliphatic heterocycles. The fourth-order valence-corrected chi connectivity index (χ4v) is 1.73. The minimum atomic E-state index is 0.786. The van der Waals surface area contributed by atoms with E-state index in [9.17, 15) is 0 Å². The number of unbranched alkanes of at least 4 members (excludes halogenated alkanes) is 8. The maximum Gasteiger partial charge on any atom is -0.00426 e. The van der Waals surface area contributed by atoms with Crippen molar-refractivity contribution in [3.63, 3.8) is 0 Å². The zero-order valence-electron chi connectivity index (χ0n) is 10.5. The fraction of sp³-hybridized carbons (Fsp3) is 0.857. The average molecular weight is 211 g/mol. The first-order valence-corrected chi connectivity index (χ1v) is 6.77. The molecular formula is C14H29N. The number of allylic oxidation sites excluding steroid dienone is 1. The summed E-state index contributed by atoms with van der Waals surface area (Å²) in [5.41, 5.74) is 5.40. The second kappa shape index (κ2) is 13.7. The van der Waals surface area contributed by atoms with Crippen molar-refractivity contribution in [1.82, 2.24) is 0 Å². The van der Waals surface area contributed by atoms with Gasteiger partial charge in [-0.15, -0.1) is 0 Å². The molecule has 1 heteroatoms. The first-order valence-electron chi connectivity index (χ1n) is 6.77. The summed E-state index contributed by atoms with van der Waals surface area (Å²) in [5, 5.41) is 0. The third-order valence-electron chi connectivity index (χ3n) is 2.72. The lowest BCUT2D eigenvalue weighted by Crippen LogP contribution is -1.94. The first kappa shape index (κ1) is 14.7. The van der Waals surface area contributed by atoms with Gasteiger partial charge < -0.3 is 5.73 Å². The molecular weight excluding hydrogens is 182 g/mol. The van der Waals surface area contributed by atoms with Crippen LogP contribution in [-0.2, 0) is 0 Å². The molecule has 0 aliphatic rings. The lowest BCUT2D eigenvalue weighted by Gasteiger charge is -1.99. The minimum absolute atomic E-state index is 0.786. The molecule has 0 saturated heterocycles. The molecule has 0 atom stereocenters. The van der Waals surface area contributed by atoms with E-state index in [4.69, 9.17) is 5.73 Å². The molecule has 1 nitrogen and oxygen atoms in total. The van der Waals surface area contributed by atoms with Gasteiger partial charge in [-0.2, -0.15) is 0 Å². The summed E-state index contributed by atoms with van der Waals surface area (Å²) in [6, 6.07) is 0. The lowest BCUT2D eigenvalue weighted by atomic mass is 10.1. The predicted octanol–water partition coefficient (Wildman–Crippen LogP) is 4.42. The molecule has 0 bridgehead atoms. The third-order valence-corrected chi connectivity index (χ3v) is 2.72. The fourth-order valence-electron chi connectivity index (χ4n) is 1.73. The van der Waals surface area contributed by atoms with Crippen LogP contribution in [0.15, 0.2) is 12.2 Å². The molecule has 90 valence electrons. The van der Waals surface area contributed by atoms with E-state index < -0.39 is 0 Å². The molecule has 0 heterocycles. The van der Waals surface area contributed by atoms with Crippen molar-refractivity contribution in [2.75, 3.05) is 6.54 Å². The van der Waals surface area contributed by atoms with Gasteiger partial charge in [0.2, 0.25) is 0 Å². The number of hydrogen-bond donors (Lipinski definition) is 1. The molecule has 0 rings (SSSR count). The summed E-state index contributed by atoms with van der Waals surface area (Å²) in [5.74, 6) is 0. The van der Waals surface area contributed by atoms with Gasteiger partial charge in [-0.1, -0.05) is 64.0 Å². The number of hydrogen-bond acceptors (Lipinski definition) is 1. The molecule has 0 aromatic rings. The molecule has 0 aromatic heterocycles. The Balaban J connectivity index is 2.92. The van der Waals surface area contributed by atoms with E-state index in [1.54, 1.807) is 0 Å². The Kier molecular flexibility index (Phi) is 13.4. The summed E-state index contributed by atoms with van der Waals surface area (Å²) in [6.45, 7) is 3.06. The van der Waals surface area contributed by atoms with E-state index in [0.717, 1.165) is 13.0 Å². The molecule has 0 amide bonds. The quantitative estimate of drug-likeness (QED) is 0.397. The highest BCUT2D eigenvalue weighted by atomic mass is 14.5. The van der Waals surface area contributed by atoms with Crippen LogP contribution in [0.2, 0.25) is 0 Å². The van der Waals surface area contributed by atoms with E-state index >= 15 is 0 Å². The maximum atomic E-state index is 5.40. The Labute approximate surface area is 96.1 Å². The van der Waals surface area contributed by atoms with Crippen molar-refractivity contribution in [2.24, 2.45) is 5.73 Å². The summed E-state index contributed by atoms with van der Waals surface area (Å²) in [4.78, 5) is 0. The van der Waals surface area contributed by atoms with Crippen molar-refractivity contribution < 1.29 is 0 Å². The van der Waals surface area contributed by atoms with E-state index in [2.05, 4.69) is 19.1 Å². The second-order valence-electron chi connectivity index (χ2n) is 4.31. The van der Waals surface area contributed by atoms with Gasteiger partial charge >= 0.3 is 0 Å². The highest BCUT2D eigenvalue weighted by molar-refractivity contribution is 4.81. The zero-order chi connectivity index (χ0) is 11.2. The van der Waals surface area contributed by atoms with E-state index in [1.807, 2.05) is 0 Å². The Bertz CT molecular complexity index is 129. The predicted molar refractivity (Wildman–Crippen MR) is 70.0 cm³/mol. The van der Waals surface area contributed by atoms with Crippen LogP contribution in [0.1, 0.15) is 71.1 Å². The van der Waals surface area contributed by atoms with E-state index in [-0.39, 0.29) is 0 Å². The molecule has 0 radical (unpaired) electrons. The van der Waals surface area contributed by atoms with Crippen LogP contribution >= 0.6 is 0 Å². The Morgan fingerprint density at radius 2 is 1.27 bits per heavy atom. The second-order valence-corrected chi connectivity index (χ2v) is 4.31. The highest BCUT2D eigenvalue weighted by Gasteiger charge is 1.90. The van der Waals surface area contributed by atoms with Gasteiger partial charge in [-0.3, -0.25) is 0 Å². The molecule has 0 fully saturated rings. The van der Waals surface area contributed by atoms with Gasteiger partial charge in [-0.05, 0) is 25.8 Å². The van der Waals surface area contributed by atoms with Crippen LogP contribution in [0, 0.1) is 0 Å². The Hall–Kier alpha value is -0.300. The maximum absolute atomic E-state index is 5.40. The smallest absolute Gasteiger partial charge is 0.00426 e. The standard InChI is InChI=1S/C14H29N/c1-2-3-4-5-6-7-8-9-10-11-12-13-14-15/h11-12H,2-10,13-15H2,1H3/b12-11+. The molecule has 0 unspecified atom stereocenters. The van der Waals surface area contributed by atoms with E-state index in [1.165, 1.54) is 57.8 Å². The summed E-state index contributed by atoms with van der Waals surface area (Å²) in [7, 11) is 0. The lowest BCUT2D eigenvalue weighted by molar-refractivity contribution is 0.577. The van der Waals surface area contributed by atoms with Crippen molar-refractivity contribution in [3.05, 3.63) is 12.2 Å². The summed E-state index contributed by atoms with van der Waals surface area (Å²) >= 11 is 0. The van der Waals surface area contributed by atoms with E-state index in [0.29, 0.717) is 0 Å². The summed E-state index contributed by atoms with van der Waals surface area (Å²) < 4.78 is 0. The normalized spacial score (nSPS) is 11.3. The SMILES string of the molecule is CCCCCCCCCC/C=C/CCN. The topological polar surface area (TPSA) is 26.0 Å². The number of nitrogens with two attached hydrogens (primary N) is 1. The van der Waals surface area contributed by atoms with Crippen molar-refractivity contribution >= 4 is 0 Å². The van der Waals surface area contributed by atoms with Crippen LogP contribution in [0.4, 0.5) is 0 Å². The molecule has 0 spiro atoms. The van der Waals surface area contributed by atoms with Gasteiger partial charge in [0, 0.05) is 0 Å². The molecule has 2 N–H and O–H groups in total. The minimum Gasteiger partial charge on any atom is -0.330 e. The van der Waals surface area contributed by atoms with Gasteiger partial charge in [0.05, 0.1) is 0 Å². The number of rotatable bonds is 11. The zero-order valence-corrected chi connectivity index (χ0v) is 10.5. The van der Waals surface area contributed by atoms with Crippen LogP contribution in [0.3, 0.4) is 0 Å². The van der Waals surface area contributed by atoms with Gasteiger partial charge in [0.25, 0.3) is 0 Å². The largest absolute Gasteiger partial charge is 0.330 e. The van der Waals surface area contributed by atoms with Crippen molar-refractivity contribution in [1.29, 1.82) is 0 Å². The van der Waals surface area contributed by atoms with Crippen molar-refractivity contribution in [3.8, 4) is 0 Å². The molecule has 0 aromatic carbocycles. The third kappa shape index (κ3) is 13.7. The van der Waals surface area contributed by atoms with Crippen LogP contribution < -0.4 is 5.73 Å². The van der Waals surface area contributed by atoms with Crippen LogP contribution in [0.25, 0.3) is 0 Å². The van der Waals surface area contributed by atoms with Gasteiger partial charge in [0.15, 0.2) is 0 Å². The van der Waals surface area contributed by atoms with Crippen LogP contribution in [-0.4, -0.2) is 6.54 Å². The summed E-state index contributed by atoms with van der Waals surface area (Å²) in [6.07, 6.45) is 18.0. The van der Waals surface area contributed by atoms with Crippen molar-refractivity contribution in [2.45, 2.75) is 71.1 Å². The molecule has 0 aliphatic carbocycles. The van der Waals surface area contributed by atoms with Gasteiger partial charge in [-0.25, -0.2) is 0 Å². The van der Waals surface area contributed by atoms with Gasteiger partial charge in [0.1, 0.15) is 0 Å². The molecule has 15 heavy (non-hydrogen) atoms. The highest BCUT2D eigenvalue weighted by Crippen LogP contribution is 2.09. The Morgan fingerprint density at radius 1 is 0.733 bits per heavy atom.